The number of carbonyl (C=O) groups excluding carboxylic acids is 1. The highest BCUT2D eigenvalue weighted by molar-refractivity contribution is 7.08. The Kier molecular flexibility index (Phi) is 4.57. The molecule has 31 heavy (non-hydrogen) atoms. The van der Waals surface area contributed by atoms with Gasteiger partial charge in [0.2, 0.25) is 0 Å². The monoisotopic (exact) mass is 432 g/mol. The smallest absolute Gasteiger partial charge is 0.254 e. The molecule has 0 aliphatic carbocycles. The summed E-state index contributed by atoms with van der Waals surface area (Å²) in [7, 11) is 0. The lowest BCUT2D eigenvalue weighted by Gasteiger charge is -2.46. The number of rotatable bonds is 4. The molecule has 0 unspecified atom stereocenters. The molecular formula is C22H22N7OS. The molecule has 2 aliphatic rings. The van der Waals surface area contributed by atoms with Gasteiger partial charge in [0.1, 0.15) is 18.0 Å². The minimum atomic E-state index is 0.167. The first-order valence-corrected chi connectivity index (χ1v) is 11.4. The fourth-order valence-corrected chi connectivity index (χ4v) is 5.18. The number of nitrogens with one attached hydrogen (secondary N) is 1. The van der Waals surface area contributed by atoms with Gasteiger partial charge in [0.05, 0.1) is 17.5 Å². The lowest BCUT2D eigenvalue weighted by Crippen LogP contribution is -2.56. The molecule has 1 amide bonds. The number of aromatic nitrogens is 5. The van der Waals surface area contributed by atoms with E-state index in [2.05, 4.69) is 31.1 Å². The minimum absolute atomic E-state index is 0.167. The third-order valence-electron chi connectivity index (χ3n) is 6.34. The van der Waals surface area contributed by atoms with Crippen molar-refractivity contribution in [1.82, 2.24) is 34.5 Å². The van der Waals surface area contributed by atoms with Crippen LogP contribution in [0.2, 0.25) is 0 Å². The van der Waals surface area contributed by atoms with Crippen LogP contribution in [0, 0.1) is 6.04 Å². The lowest BCUT2D eigenvalue weighted by atomic mass is 9.97. The van der Waals surface area contributed by atoms with Gasteiger partial charge in [-0.1, -0.05) is 0 Å². The molecule has 0 spiro atoms. The predicted molar refractivity (Wildman–Crippen MR) is 119 cm³/mol. The molecule has 4 aromatic rings. The number of piperidine rings is 1. The molecule has 1 radical (unpaired) electrons. The summed E-state index contributed by atoms with van der Waals surface area (Å²) in [6, 6.07) is 5.74. The number of hydrogen-bond acceptors (Lipinski definition) is 6. The van der Waals surface area contributed by atoms with E-state index in [1.807, 2.05) is 44.9 Å². The van der Waals surface area contributed by atoms with E-state index >= 15 is 0 Å². The predicted octanol–water partition coefficient (Wildman–Crippen LogP) is 2.88. The van der Waals surface area contributed by atoms with Gasteiger partial charge in [0.25, 0.3) is 5.91 Å². The molecule has 0 aromatic carbocycles. The van der Waals surface area contributed by atoms with Crippen molar-refractivity contribution in [3.8, 4) is 11.3 Å². The van der Waals surface area contributed by atoms with Crippen molar-refractivity contribution >= 4 is 28.3 Å². The lowest BCUT2D eigenvalue weighted by molar-refractivity contribution is 0.0515. The number of fused-ring (bicyclic) bond motifs is 1. The fourth-order valence-electron chi connectivity index (χ4n) is 4.55. The van der Waals surface area contributed by atoms with Crippen LogP contribution in [0.3, 0.4) is 0 Å². The zero-order valence-electron chi connectivity index (χ0n) is 16.9. The summed E-state index contributed by atoms with van der Waals surface area (Å²) >= 11 is 1.57. The molecule has 2 aliphatic heterocycles. The van der Waals surface area contributed by atoms with E-state index in [1.54, 1.807) is 17.7 Å². The highest BCUT2D eigenvalue weighted by Crippen LogP contribution is 2.30. The van der Waals surface area contributed by atoms with Gasteiger partial charge in [0.15, 0.2) is 0 Å². The summed E-state index contributed by atoms with van der Waals surface area (Å²) in [5.74, 6) is 0.167. The van der Waals surface area contributed by atoms with Crippen molar-refractivity contribution in [2.24, 2.45) is 0 Å². The average molecular weight is 433 g/mol. The highest BCUT2D eigenvalue weighted by atomic mass is 32.1. The zero-order valence-corrected chi connectivity index (χ0v) is 17.8. The standard InChI is InChI=1S/C22H22N7OS/c30-22(15-4-8-31-13-15)27-6-2-17(3-7-27)28-11-18(12-28)29-10-16(9-26-29)20-19-1-5-23-21(19)25-14-24-20/h1,4-5,8-10,13-14,17H,2-3,6-7,11-12H2,(H,23,24,25). The maximum Gasteiger partial charge on any atom is 0.254 e. The second-order valence-electron chi connectivity index (χ2n) is 8.14. The molecule has 6 heterocycles. The van der Waals surface area contributed by atoms with Crippen LogP contribution in [0.1, 0.15) is 23.2 Å². The first kappa shape index (κ1) is 18.7. The third kappa shape index (κ3) is 3.34. The molecule has 6 rings (SSSR count). The summed E-state index contributed by atoms with van der Waals surface area (Å²) in [5, 5.41) is 9.48. The molecule has 0 bridgehead atoms. The van der Waals surface area contributed by atoms with Crippen molar-refractivity contribution in [2.75, 3.05) is 26.2 Å². The van der Waals surface area contributed by atoms with Gasteiger partial charge in [-0.2, -0.15) is 16.4 Å². The van der Waals surface area contributed by atoms with Gasteiger partial charge >= 0.3 is 0 Å². The highest BCUT2D eigenvalue weighted by Gasteiger charge is 2.37. The van der Waals surface area contributed by atoms with E-state index in [0.717, 1.165) is 66.9 Å². The molecule has 1 N–H and O–H groups in total. The Morgan fingerprint density at radius 2 is 2.03 bits per heavy atom. The number of amides is 1. The number of aromatic amines is 1. The van der Waals surface area contributed by atoms with E-state index < -0.39 is 0 Å². The van der Waals surface area contributed by atoms with Crippen LogP contribution >= 0.6 is 11.3 Å². The fraction of sp³-hybridized carbons (Fsp3) is 0.318. The molecular weight excluding hydrogens is 410 g/mol. The minimum Gasteiger partial charge on any atom is -0.346 e. The first-order chi connectivity index (χ1) is 15.3. The Balaban J connectivity index is 1.06. The van der Waals surface area contributed by atoms with Crippen LogP contribution in [0.25, 0.3) is 22.3 Å². The summed E-state index contributed by atoms with van der Waals surface area (Å²) in [6.07, 6.45) is 9.45. The van der Waals surface area contributed by atoms with Gasteiger partial charge in [0, 0.05) is 60.9 Å². The topological polar surface area (TPSA) is 82.9 Å². The van der Waals surface area contributed by atoms with Crippen LogP contribution in [-0.2, 0) is 0 Å². The van der Waals surface area contributed by atoms with Crippen LogP contribution in [0.15, 0.2) is 47.8 Å². The van der Waals surface area contributed by atoms with Crippen LogP contribution in [0.5, 0.6) is 0 Å². The molecule has 157 valence electrons. The molecule has 0 atom stereocenters. The number of carbonyl (C=O) groups is 1. The van der Waals surface area contributed by atoms with Gasteiger partial charge in [-0.05, 0) is 30.4 Å². The Bertz CT molecular complexity index is 1200. The average Bonchev–Trinajstić information content (AvgIpc) is 3.54. The summed E-state index contributed by atoms with van der Waals surface area (Å²) < 4.78 is 1.99. The SMILES string of the molecule is O=C(c1ccsc1)N1CCC(N2C[C](n3cc(-c4ncnc5[nH]ccc45)cn3)C2)CC1. The van der Waals surface area contributed by atoms with E-state index in [9.17, 15) is 4.79 Å². The number of H-pyrrole nitrogens is 1. The molecule has 9 heteroatoms. The largest absolute Gasteiger partial charge is 0.346 e. The second-order valence-corrected chi connectivity index (χ2v) is 8.92. The Hall–Kier alpha value is -3.04. The summed E-state index contributed by atoms with van der Waals surface area (Å²) in [5.41, 5.74) is 3.55. The maximum absolute atomic E-state index is 12.5. The Morgan fingerprint density at radius 1 is 1.16 bits per heavy atom. The Morgan fingerprint density at radius 3 is 2.84 bits per heavy atom. The van der Waals surface area contributed by atoms with Gasteiger partial charge in [-0.3, -0.25) is 14.4 Å². The Labute approximate surface area is 183 Å². The van der Waals surface area contributed by atoms with Crippen molar-refractivity contribution in [2.45, 2.75) is 18.9 Å². The number of likely N-dealkylation sites (tertiary alicyclic amines) is 2. The van der Waals surface area contributed by atoms with E-state index in [4.69, 9.17) is 0 Å². The van der Waals surface area contributed by atoms with Crippen molar-refractivity contribution in [3.63, 3.8) is 0 Å². The van der Waals surface area contributed by atoms with E-state index in [0.29, 0.717) is 6.04 Å². The van der Waals surface area contributed by atoms with E-state index in [1.165, 1.54) is 6.04 Å². The molecule has 8 nitrogen and oxygen atoms in total. The van der Waals surface area contributed by atoms with Crippen molar-refractivity contribution in [1.29, 1.82) is 0 Å². The first-order valence-electron chi connectivity index (χ1n) is 10.5. The van der Waals surface area contributed by atoms with Crippen LogP contribution in [0.4, 0.5) is 0 Å². The molecule has 2 saturated heterocycles. The van der Waals surface area contributed by atoms with Crippen molar-refractivity contribution in [3.05, 3.63) is 59.4 Å². The molecule has 4 aromatic heterocycles. The summed E-state index contributed by atoms with van der Waals surface area (Å²) in [6.45, 7) is 3.51. The quantitative estimate of drug-likeness (QED) is 0.536. The summed E-state index contributed by atoms with van der Waals surface area (Å²) in [4.78, 5) is 28.9. The van der Waals surface area contributed by atoms with Gasteiger partial charge < -0.3 is 9.88 Å². The number of nitrogens with zero attached hydrogens (tertiary/aromatic N) is 6. The third-order valence-corrected chi connectivity index (χ3v) is 7.02. The molecule has 0 saturated carbocycles. The van der Waals surface area contributed by atoms with Crippen LogP contribution in [-0.4, -0.2) is 72.7 Å². The number of hydrogen-bond donors (Lipinski definition) is 1. The van der Waals surface area contributed by atoms with Crippen molar-refractivity contribution < 1.29 is 4.79 Å². The second kappa shape index (κ2) is 7.58. The van der Waals surface area contributed by atoms with Gasteiger partial charge in [-0.15, -0.1) is 0 Å². The normalized spacial score (nSPS) is 18.5. The maximum atomic E-state index is 12.5. The number of thiophene rings is 1. The van der Waals surface area contributed by atoms with Crippen LogP contribution < -0.4 is 0 Å². The van der Waals surface area contributed by atoms with E-state index in [-0.39, 0.29) is 5.91 Å². The molecule has 2 fully saturated rings. The van der Waals surface area contributed by atoms with Gasteiger partial charge in [-0.25, -0.2) is 9.97 Å². The zero-order chi connectivity index (χ0) is 20.8.